The van der Waals surface area contributed by atoms with Gasteiger partial charge >= 0.3 is 0 Å². The van der Waals surface area contributed by atoms with Gasteiger partial charge in [-0.15, -0.1) is 0 Å². The van der Waals surface area contributed by atoms with E-state index in [0.717, 1.165) is 59.2 Å². The Hall–Kier alpha value is -3.47. The molecule has 0 bridgehead atoms. The molecule has 0 amide bonds. The minimum atomic E-state index is -0.0589. The van der Waals surface area contributed by atoms with Crippen LogP contribution in [0, 0.1) is 13.8 Å². The van der Waals surface area contributed by atoms with Gasteiger partial charge < -0.3 is 18.9 Å². The second kappa shape index (κ2) is 10.9. The number of anilines is 1. The number of aromatic nitrogens is 1. The average molecular weight is 473 g/mol. The molecule has 1 atom stereocenters. The molecule has 3 aromatic rings. The maximum absolute atomic E-state index is 6.39. The maximum Gasteiger partial charge on any atom is 0.180 e. The van der Waals surface area contributed by atoms with Gasteiger partial charge in [0.15, 0.2) is 17.3 Å². The summed E-state index contributed by atoms with van der Waals surface area (Å²) >= 11 is 0. The summed E-state index contributed by atoms with van der Waals surface area (Å²) in [6.45, 7) is 11.0. The van der Waals surface area contributed by atoms with E-state index in [1.54, 1.807) is 7.11 Å². The molecule has 5 heteroatoms. The fraction of sp³-hybridized carbons (Fsp3) is 0.367. The lowest BCUT2D eigenvalue weighted by Gasteiger charge is -2.36. The molecule has 0 saturated carbocycles. The summed E-state index contributed by atoms with van der Waals surface area (Å²) in [6.07, 6.45) is 4.99. The molecule has 0 saturated heterocycles. The average Bonchev–Trinajstić information content (AvgIpc) is 3.21. The molecule has 2 aromatic carbocycles. The molecular formula is C30H36N2O3. The molecule has 1 unspecified atom stereocenters. The molecule has 1 aliphatic heterocycles. The van der Waals surface area contributed by atoms with Gasteiger partial charge in [-0.1, -0.05) is 74.0 Å². The Morgan fingerprint density at radius 2 is 1.83 bits per heavy atom. The van der Waals surface area contributed by atoms with E-state index in [4.69, 9.17) is 14.0 Å². The third kappa shape index (κ3) is 5.00. The van der Waals surface area contributed by atoms with Crippen molar-refractivity contribution in [3.8, 4) is 11.1 Å². The third-order valence-electron chi connectivity index (χ3n) is 6.73. The number of benzene rings is 2. The molecular weight excluding hydrogens is 436 g/mol. The van der Waals surface area contributed by atoms with E-state index in [1.165, 1.54) is 16.7 Å². The predicted molar refractivity (Wildman–Crippen MR) is 141 cm³/mol. The third-order valence-corrected chi connectivity index (χ3v) is 6.73. The smallest absolute Gasteiger partial charge is 0.180 e. The number of hydrogen-bond acceptors (Lipinski definition) is 5. The van der Waals surface area contributed by atoms with Crippen LogP contribution in [0.1, 0.15) is 56.1 Å². The highest BCUT2D eigenvalue weighted by Gasteiger charge is 2.33. The molecule has 1 aliphatic rings. The quantitative estimate of drug-likeness (QED) is 0.323. The highest BCUT2D eigenvalue weighted by molar-refractivity contribution is 5.67. The molecule has 1 aromatic heterocycles. The van der Waals surface area contributed by atoms with Crippen molar-refractivity contribution in [3.05, 3.63) is 94.3 Å². The Morgan fingerprint density at radius 3 is 2.46 bits per heavy atom. The molecule has 4 rings (SSSR count). The van der Waals surface area contributed by atoms with Gasteiger partial charge in [0.25, 0.3) is 0 Å². The van der Waals surface area contributed by atoms with Crippen molar-refractivity contribution in [2.45, 2.75) is 66.5 Å². The summed E-state index contributed by atoms with van der Waals surface area (Å²) in [7, 11) is 1.71. The highest BCUT2D eigenvalue weighted by atomic mass is 16.5. The maximum atomic E-state index is 6.39. The number of methoxy groups -OCH3 is 1. The summed E-state index contributed by atoms with van der Waals surface area (Å²) in [5.74, 6) is 3.25. The number of rotatable bonds is 9. The van der Waals surface area contributed by atoms with Crippen LogP contribution in [0.2, 0.25) is 0 Å². The van der Waals surface area contributed by atoms with E-state index < -0.39 is 0 Å². The number of hydrogen-bond donors (Lipinski definition) is 0. The zero-order chi connectivity index (χ0) is 24.9. The van der Waals surface area contributed by atoms with Gasteiger partial charge in [0.2, 0.25) is 0 Å². The summed E-state index contributed by atoms with van der Waals surface area (Å²) in [5.41, 5.74) is 7.19. The summed E-state index contributed by atoms with van der Waals surface area (Å²) in [6, 6.07) is 17.1. The fourth-order valence-electron chi connectivity index (χ4n) is 4.74. The molecule has 2 heterocycles. The number of allylic oxidation sites excluding steroid dienone is 2. The van der Waals surface area contributed by atoms with Crippen LogP contribution in [0.25, 0.3) is 11.1 Å². The van der Waals surface area contributed by atoms with Gasteiger partial charge in [0.1, 0.15) is 12.4 Å². The first-order valence-electron chi connectivity index (χ1n) is 12.5. The van der Waals surface area contributed by atoms with Gasteiger partial charge in [-0.3, -0.25) is 0 Å². The number of aryl methyl sites for hydroxylation is 2. The SMILES string of the molecule is CCCC1=CC(OCc2ccc(-c3ccccc3)c(CC)c2)=C(OC)C(C)N1c1noc(C)c1C. The molecule has 184 valence electrons. The fourth-order valence-corrected chi connectivity index (χ4v) is 4.74. The lowest BCUT2D eigenvalue weighted by molar-refractivity contribution is 0.165. The van der Waals surface area contributed by atoms with Crippen LogP contribution < -0.4 is 4.90 Å². The van der Waals surface area contributed by atoms with Crippen molar-refractivity contribution in [1.29, 1.82) is 0 Å². The zero-order valence-electron chi connectivity index (χ0n) is 21.7. The summed E-state index contributed by atoms with van der Waals surface area (Å²) in [4.78, 5) is 2.21. The second-order valence-corrected chi connectivity index (χ2v) is 9.05. The molecule has 5 nitrogen and oxygen atoms in total. The van der Waals surface area contributed by atoms with Crippen LogP contribution in [0.5, 0.6) is 0 Å². The van der Waals surface area contributed by atoms with Gasteiger partial charge in [-0.05, 0) is 55.9 Å². The van der Waals surface area contributed by atoms with Crippen molar-refractivity contribution in [2.24, 2.45) is 0 Å². The van der Waals surface area contributed by atoms with E-state index in [1.807, 2.05) is 13.8 Å². The molecule has 0 fully saturated rings. The summed E-state index contributed by atoms with van der Waals surface area (Å²) in [5, 5.41) is 4.35. The minimum Gasteiger partial charge on any atom is -0.495 e. The largest absolute Gasteiger partial charge is 0.495 e. The first-order chi connectivity index (χ1) is 17.0. The van der Waals surface area contributed by atoms with Crippen LogP contribution in [0.15, 0.2) is 76.3 Å². The molecule has 0 spiro atoms. The Labute approximate surface area is 209 Å². The van der Waals surface area contributed by atoms with Crippen LogP contribution in [-0.2, 0) is 22.5 Å². The van der Waals surface area contributed by atoms with E-state index in [2.05, 4.69) is 85.4 Å². The minimum absolute atomic E-state index is 0.0589. The lowest BCUT2D eigenvalue weighted by Crippen LogP contribution is -2.38. The zero-order valence-corrected chi connectivity index (χ0v) is 21.7. The molecule has 35 heavy (non-hydrogen) atoms. The predicted octanol–water partition coefficient (Wildman–Crippen LogP) is 7.49. The van der Waals surface area contributed by atoms with Crippen molar-refractivity contribution >= 4 is 5.82 Å². The van der Waals surface area contributed by atoms with Gasteiger partial charge in [-0.2, -0.15) is 0 Å². The van der Waals surface area contributed by atoms with E-state index >= 15 is 0 Å². The Balaban J connectivity index is 1.61. The van der Waals surface area contributed by atoms with Crippen LogP contribution >= 0.6 is 0 Å². The first-order valence-corrected chi connectivity index (χ1v) is 12.5. The first kappa shape index (κ1) is 24.6. The molecule has 0 radical (unpaired) electrons. The van der Waals surface area contributed by atoms with Crippen LogP contribution in [0.3, 0.4) is 0 Å². The molecule has 0 aliphatic carbocycles. The highest BCUT2D eigenvalue weighted by Crippen LogP contribution is 2.36. The van der Waals surface area contributed by atoms with Crippen LogP contribution in [-0.4, -0.2) is 18.3 Å². The normalized spacial score (nSPS) is 15.9. The number of ether oxygens (including phenoxy) is 2. The monoisotopic (exact) mass is 472 g/mol. The summed E-state index contributed by atoms with van der Waals surface area (Å²) < 4.78 is 17.7. The standard InChI is InChI=1S/C30H36N2O3/c1-7-12-26-18-28(29(33-6)21(4)32(26)30-20(3)22(5)35-31-30)34-19-23-15-16-27(24(8-2)17-23)25-13-10-9-11-14-25/h9-11,13-18,21H,7-8,12,19H2,1-6H3. The Bertz CT molecular complexity index is 1220. The van der Waals surface area contributed by atoms with E-state index in [9.17, 15) is 0 Å². The Morgan fingerprint density at radius 1 is 1.06 bits per heavy atom. The second-order valence-electron chi connectivity index (χ2n) is 9.05. The van der Waals surface area contributed by atoms with Crippen molar-refractivity contribution in [2.75, 3.05) is 12.0 Å². The van der Waals surface area contributed by atoms with Gasteiger partial charge in [0.05, 0.1) is 13.2 Å². The van der Waals surface area contributed by atoms with Gasteiger partial charge in [-0.25, -0.2) is 0 Å². The van der Waals surface area contributed by atoms with E-state index in [-0.39, 0.29) is 6.04 Å². The Kier molecular flexibility index (Phi) is 7.64. The lowest BCUT2D eigenvalue weighted by atomic mass is 9.96. The van der Waals surface area contributed by atoms with Crippen molar-refractivity contribution in [1.82, 2.24) is 5.16 Å². The number of nitrogens with zero attached hydrogens (tertiary/aromatic N) is 2. The van der Waals surface area contributed by atoms with Crippen molar-refractivity contribution in [3.63, 3.8) is 0 Å². The van der Waals surface area contributed by atoms with E-state index in [0.29, 0.717) is 6.61 Å². The topological polar surface area (TPSA) is 47.7 Å². The molecule has 0 N–H and O–H groups in total. The van der Waals surface area contributed by atoms with Crippen LogP contribution in [0.4, 0.5) is 5.82 Å². The van der Waals surface area contributed by atoms with Gasteiger partial charge in [0, 0.05) is 17.3 Å². The van der Waals surface area contributed by atoms with Crippen molar-refractivity contribution < 1.29 is 14.0 Å².